The minimum absolute atomic E-state index is 0.691. The van der Waals surface area contributed by atoms with Crippen molar-refractivity contribution in [3.8, 4) is 0 Å². The van der Waals surface area contributed by atoms with Crippen LogP contribution < -0.4 is 5.32 Å². The fourth-order valence-corrected chi connectivity index (χ4v) is 4.36. The Labute approximate surface area is 121 Å². The van der Waals surface area contributed by atoms with Crippen LogP contribution in [-0.2, 0) is 19.5 Å². The number of hydrogen-bond acceptors (Lipinski definition) is 3. The maximum absolute atomic E-state index is 3.47. The summed E-state index contributed by atoms with van der Waals surface area (Å²) in [5, 5.41) is 4.23. The van der Waals surface area contributed by atoms with Crippen LogP contribution in [0.3, 0.4) is 0 Å². The zero-order valence-electron chi connectivity index (χ0n) is 12.0. The monoisotopic (exact) mass is 276 g/mol. The molecule has 0 amide bonds. The van der Waals surface area contributed by atoms with Gasteiger partial charge in [0.25, 0.3) is 0 Å². The lowest BCUT2D eigenvalue weighted by Crippen LogP contribution is -2.44. The first-order chi connectivity index (χ1) is 9.25. The molecule has 0 aromatic heterocycles. The maximum Gasteiger partial charge on any atom is 0.0240 e. The summed E-state index contributed by atoms with van der Waals surface area (Å²) in [5.41, 5.74) is 4.68. The lowest BCUT2D eigenvalue weighted by atomic mass is 9.95. The van der Waals surface area contributed by atoms with E-state index in [4.69, 9.17) is 0 Å². The highest BCUT2D eigenvalue weighted by atomic mass is 32.2. The van der Waals surface area contributed by atoms with Gasteiger partial charge in [-0.15, -0.1) is 0 Å². The minimum Gasteiger partial charge on any atom is -0.312 e. The second-order valence-electron chi connectivity index (χ2n) is 5.77. The van der Waals surface area contributed by atoms with Gasteiger partial charge in [-0.2, -0.15) is 11.8 Å². The molecule has 1 aromatic rings. The van der Waals surface area contributed by atoms with Gasteiger partial charge in [0.1, 0.15) is 0 Å². The highest BCUT2D eigenvalue weighted by molar-refractivity contribution is 8.00. The number of benzene rings is 1. The average Bonchev–Trinajstić information content (AvgIpc) is 2.44. The molecule has 1 saturated heterocycles. The van der Waals surface area contributed by atoms with E-state index < -0.39 is 0 Å². The summed E-state index contributed by atoms with van der Waals surface area (Å²) in [5.74, 6) is 1.28. The number of hydrogen-bond donors (Lipinski definition) is 1. The summed E-state index contributed by atoms with van der Waals surface area (Å²) in [6.45, 7) is 9.30. The molecular weight excluding hydrogens is 252 g/mol. The van der Waals surface area contributed by atoms with Gasteiger partial charge in [0.15, 0.2) is 0 Å². The Morgan fingerprint density at radius 2 is 2.26 bits per heavy atom. The molecule has 0 aliphatic carbocycles. The third kappa shape index (κ3) is 2.83. The first-order valence-corrected chi connectivity index (χ1v) is 8.46. The number of fused-ring (bicyclic) bond motifs is 1. The summed E-state index contributed by atoms with van der Waals surface area (Å²) < 4.78 is 0. The Hall–Kier alpha value is -0.510. The molecule has 0 bridgehead atoms. The van der Waals surface area contributed by atoms with E-state index in [0.29, 0.717) is 6.04 Å². The van der Waals surface area contributed by atoms with Crippen LogP contribution >= 0.6 is 11.8 Å². The average molecular weight is 276 g/mol. The van der Waals surface area contributed by atoms with E-state index in [9.17, 15) is 0 Å². The van der Waals surface area contributed by atoms with E-state index in [2.05, 4.69) is 54.0 Å². The second-order valence-corrected chi connectivity index (χ2v) is 7.25. The van der Waals surface area contributed by atoms with Crippen LogP contribution in [0, 0.1) is 0 Å². The largest absolute Gasteiger partial charge is 0.312 e. The summed E-state index contributed by atoms with van der Waals surface area (Å²) in [7, 11) is 0. The summed E-state index contributed by atoms with van der Waals surface area (Å²) in [6, 6.07) is 7.54. The van der Waals surface area contributed by atoms with E-state index in [1.54, 1.807) is 11.1 Å². The molecule has 0 spiro atoms. The van der Waals surface area contributed by atoms with Crippen molar-refractivity contribution >= 4 is 11.8 Å². The lowest BCUT2D eigenvalue weighted by Gasteiger charge is -2.38. The molecule has 2 heterocycles. The predicted molar refractivity (Wildman–Crippen MR) is 83.6 cm³/mol. The Morgan fingerprint density at radius 3 is 3.16 bits per heavy atom. The molecule has 1 fully saturated rings. The fraction of sp³-hybridized carbons (Fsp3) is 0.625. The Morgan fingerprint density at radius 1 is 1.37 bits per heavy atom. The van der Waals surface area contributed by atoms with Gasteiger partial charge >= 0.3 is 0 Å². The normalized spacial score (nSPS) is 28.1. The summed E-state index contributed by atoms with van der Waals surface area (Å²) in [6.07, 6.45) is 1.19. The van der Waals surface area contributed by atoms with Gasteiger partial charge in [-0.3, -0.25) is 4.90 Å². The quantitative estimate of drug-likeness (QED) is 0.894. The third-order valence-corrected chi connectivity index (χ3v) is 5.96. The maximum atomic E-state index is 3.47. The molecule has 2 nitrogen and oxygen atoms in total. The van der Waals surface area contributed by atoms with Crippen molar-refractivity contribution in [1.29, 1.82) is 0 Å². The van der Waals surface area contributed by atoms with E-state index in [0.717, 1.165) is 24.9 Å². The van der Waals surface area contributed by atoms with Crippen LogP contribution in [0.25, 0.3) is 0 Å². The van der Waals surface area contributed by atoms with Crippen LogP contribution in [0.15, 0.2) is 18.2 Å². The molecule has 19 heavy (non-hydrogen) atoms. The Bertz CT molecular complexity index is 446. The first-order valence-electron chi connectivity index (χ1n) is 7.41. The number of rotatable bonds is 2. The van der Waals surface area contributed by atoms with Crippen LogP contribution in [-0.4, -0.2) is 35.0 Å². The summed E-state index contributed by atoms with van der Waals surface area (Å²) >= 11 is 2.12. The fourth-order valence-electron chi connectivity index (χ4n) is 3.20. The van der Waals surface area contributed by atoms with Gasteiger partial charge in [0.2, 0.25) is 0 Å². The van der Waals surface area contributed by atoms with Crippen LogP contribution in [0.4, 0.5) is 0 Å². The zero-order chi connectivity index (χ0) is 13.2. The van der Waals surface area contributed by atoms with Gasteiger partial charge in [0, 0.05) is 36.7 Å². The first kappa shape index (κ1) is 13.5. The van der Waals surface area contributed by atoms with Crippen molar-refractivity contribution in [3.05, 3.63) is 34.9 Å². The lowest BCUT2D eigenvalue weighted by molar-refractivity contribution is 0.203. The van der Waals surface area contributed by atoms with E-state index in [1.807, 2.05) is 0 Å². The zero-order valence-corrected chi connectivity index (χ0v) is 12.8. The van der Waals surface area contributed by atoms with Crippen molar-refractivity contribution in [3.63, 3.8) is 0 Å². The minimum atomic E-state index is 0.691. The van der Waals surface area contributed by atoms with Gasteiger partial charge in [-0.05, 0) is 36.6 Å². The third-order valence-electron chi connectivity index (χ3n) is 4.63. The smallest absolute Gasteiger partial charge is 0.0240 e. The SMILES string of the molecule is CC1SCCN(Cc2cccc3c2CCNC3)C1C. The highest BCUT2D eigenvalue weighted by Gasteiger charge is 2.26. The van der Waals surface area contributed by atoms with Crippen molar-refractivity contribution in [2.75, 3.05) is 18.8 Å². The number of thioether (sulfide) groups is 1. The van der Waals surface area contributed by atoms with E-state index >= 15 is 0 Å². The number of nitrogens with zero attached hydrogens (tertiary/aromatic N) is 1. The van der Waals surface area contributed by atoms with Crippen LogP contribution in [0.5, 0.6) is 0 Å². The predicted octanol–water partition coefficient (Wildman–Crippen LogP) is 2.66. The Kier molecular flexibility index (Phi) is 4.15. The molecule has 2 unspecified atom stereocenters. The standard InChI is InChI=1S/C16H24N2S/c1-12-13(2)19-9-8-18(12)11-15-5-3-4-14-10-17-7-6-16(14)15/h3-5,12-13,17H,6-11H2,1-2H3. The van der Waals surface area contributed by atoms with Crippen LogP contribution in [0.1, 0.15) is 30.5 Å². The second kappa shape index (κ2) is 5.86. The molecule has 1 N–H and O–H groups in total. The van der Waals surface area contributed by atoms with Gasteiger partial charge in [-0.1, -0.05) is 25.1 Å². The molecule has 0 radical (unpaired) electrons. The van der Waals surface area contributed by atoms with Crippen molar-refractivity contribution in [1.82, 2.24) is 10.2 Å². The van der Waals surface area contributed by atoms with E-state index in [1.165, 1.54) is 24.3 Å². The molecule has 1 aromatic carbocycles. The molecule has 2 atom stereocenters. The Balaban J connectivity index is 1.79. The molecule has 2 aliphatic rings. The van der Waals surface area contributed by atoms with Crippen molar-refractivity contribution in [2.45, 2.75) is 44.6 Å². The molecule has 2 aliphatic heterocycles. The highest BCUT2D eigenvalue weighted by Crippen LogP contribution is 2.27. The van der Waals surface area contributed by atoms with Gasteiger partial charge < -0.3 is 5.32 Å². The van der Waals surface area contributed by atoms with Crippen molar-refractivity contribution in [2.24, 2.45) is 0 Å². The number of nitrogens with one attached hydrogen (secondary N) is 1. The van der Waals surface area contributed by atoms with Gasteiger partial charge in [-0.25, -0.2) is 0 Å². The molecule has 104 valence electrons. The molecule has 3 heteroatoms. The van der Waals surface area contributed by atoms with E-state index in [-0.39, 0.29) is 0 Å². The van der Waals surface area contributed by atoms with Gasteiger partial charge in [0.05, 0.1) is 0 Å². The topological polar surface area (TPSA) is 15.3 Å². The molecular formula is C16H24N2S. The molecule has 3 rings (SSSR count). The van der Waals surface area contributed by atoms with Crippen molar-refractivity contribution < 1.29 is 0 Å². The van der Waals surface area contributed by atoms with Crippen LogP contribution in [0.2, 0.25) is 0 Å². The molecule has 0 saturated carbocycles. The summed E-state index contributed by atoms with van der Waals surface area (Å²) in [4.78, 5) is 2.67.